The summed E-state index contributed by atoms with van der Waals surface area (Å²) in [4.78, 5) is 35.4. The molecular weight excluding hydrogens is 533 g/mol. The molecule has 0 aliphatic carbocycles. The number of rotatable bonds is 6. The van der Waals surface area contributed by atoms with E-state index in [0.717, 1.165) is 25.3 Å². The molecule has 1 unspecified atom stereocenters. The van der Waals surface area contributed by atoms with Crippen LogP contribution in [-0.2, 0) is 25.0 Å². The average Bonchev–Trinajstić information content (AvgIpc) is 3.09. The van der Waals surface area contributed by atoms with Gasteiger partial charge in [-0.25, -0.2) is 8.42 Å². The van der Waals surface area contributed by atoms with E-state index in [2.05, 4.69) is 10.6 Å². The Morgan fingerprint density at radius 1 is 1.11 bits per heavy atom. The molecule has 1 aliphatic rings. The zero-order valence-corrected chi connectivity index (χ0v) is 21.0. The van der Waals surface area contributed by atoms with Crippen molar-refractivity contribution in [1.82, 2.24) is 5.32 Å². The molecule has 0 fully saturated rings. The van der Waals surface area contributed by atoms with Gasteiger partial charge in [0.1, 0.15) is 10.6 Å². The van der Waals surface area contributed by atoms with E-state index in [1.165, 1.54) is 31.2 Å². The summed E-state index contributed by atoms with van der Waals surface area (Å²) in [6.45, 7) is 1.17. The Morgan fingerprint density at radius 2 is 1.81 bits per heavy atom. The quantitative estimate of drug-likeness (QED) is 0.348. The zero-order chi connectivity index (χ0) is 26.4. The molecular formula is C23H17Cl2N3O7S. The van der Waals surface area contributed by atoms with E-state index >= 15 is 0 Å². The first-order valence-corrected chi connectivity index (χ1v) is 12.4. The second-order valence-corrected chi connectivity index (χ2v) is 10.4. The molecule has 0 saturated carbocycles. The molecule has 2 N–H and O–H groups in total. The van der Waals surface area contributed by atoms with Crippen molar-refractivity contribution in [3.8, 4) is 5.75 Å². The topological polar surface area (TPSA) is 145 Å². The number of carbonyl (C=O) groups is 2. The van der Waals surface area contributed by atoms with Gasteiger partial charge in [-0.15, -0.1) is 0 Å². The number of benzene rings is 3. The van der Waals surface area contributed by atoms with Crippen molar-refractivity contribution in [2.24, 2.45) is 0 Å². The predicted molar refractivity (Wildman–Crippen MR) is 131 cm³/mol. The summed E-state index contributed by atoms with van der Waals surface area (Å²) in [5.41, 5.74) is -2.40. The Labute approximate surface area is 215 Å². The van der Waals surface area contributed by atoms with E-state index < -0.39 is 47.6 Å². The molecule has 2 amide bonds. The number of hydrogen-bond acceptors (Lipinski definition) is 7. The average molecular weight is 550 g/mol. The number of nitrogens with zero attached hydrogens (tertiary/aromatic N) is 1. The SMILES string of the molecule is COc1cc([N+](=O)[O-])ccc1S(=O)(=O)c1c(Cl)ccc2c1C(NC(C)=O)(c1ccccc1Cl)C(=O)N2. The summed E-state index contributed by atoms with van der Waals surface area (Å²) in [6.07, 6.45) is 0. The van der Waals surface area contributed by atoms with Crippen LogP contribution in [0.15, 0.2) is 64.4 Å². The number of hydrogen-bond donors (Lipinski definition) is 2. The van der Waals surface area contributed by atoms with Crippen molar-refractivity contribution >= 4 is 56.2 Å². The number of fused-ring (bicyclic) bond motifs is 1. The third-order valence-corrected chi connectivity index (χ3v) is 8.27. The highest BCUT2D eigenvalue weighted by Gasteiger charge is 2.54. The summed E-state index contributed by atoms with van der Waals surface area (Å²) in [5.74, 6) is -1.71. The summed E-state index contributed by atoms with van der Waals surface area (Å²) in [6, 6.07) is 11.8. The highest BCUT2D eigenvalue weighted by molar-refractivity contribution is 7.91. The van der Waals surface area contributed by atoms with E-state index in [-0.39, 0.29) is 32.6 Å². The number of nitro groups is 1. The maximum Gasteiger partial charge on any atom is 0.273 e. The Balaban J connectivity index is 2.11. The van der Waals surface area contributed by atoms with E-state index in [9.17, 15) is 28.1 Å². The van der Waals surface area contributed by atoms with Crippen LogP contribution < -0.4 is 15.4 Å². The van der Waals surface area contributed by atoms with Crippen molar-refractivity contribution in [3.63, 3.8) is 0 Å². The van der Waals surface area contributed by atoms with Gasteiger partial charge in [0.05, 0.1) is 28.0 Å². The van der Waals surface area contributed by atoms with Crippen molar-refractivity contribution in [3.05, 3.63) is 85.9 Å². The smallest absolute Gasteiger partial charge is 0.273 e. The Hall–Kier alpha value is -3.67. The lowest BCUT2D eigenvalue weighted by Crippen LogP contribution is -2.51. The van der Waals surface area contributed by atoms with Crippen molar-refractivity contribution < 1.29 is 27.7 Å². The van der Waals surface area contributed by atoms with Crippen molar-refractivity contribution in [2.45, 2.75) is 22.3 Å². The number of nitro benzene ring substituents is 1. The molecule has 3 aromatic rings. The number of amides is 2. The van der Waals surface area contributed by atoms with E-state index in [1.807, 2.05) is 0 Å². The van der Waals surface area contributed by atoms with Crippen LogP contribution in [0.4, 0.5) is 11.4 Å². The standard InChI is InChI=1S/C23H17Cl2N3O7S/c1-12(29)27-23(14-5-3-4-6-15(14)24)20-17(26-22(23)30)9-8-16(25)21(20)36(33,34)19-10-7-13(28(31)32)11-18(19)35-2/h3-11H,1-2H3,(H,26,30)(H,27,29). The molecule has 10 nitrogen and oxygen atoms in total. The minimum Gasteiger partial charge on any atom is -0.495 e. The van der Waals surface area contributed by atoms with Gasteiger partial charge in [-0.2, -0.15) is 0 Å². The molecule has 1 aliphatic heterocycles. The minimum absolute atomic E-state index is 0.0810. The van der Waals surface area contributed by atoms with Gasteiger partial charge < -0.3 is 15.4 Å². The van der Waals surface area contributed by atoms with Gasteiger partial charge in [0, 0.05) is 34.8 Å². The van der Waals surface area contributed by atoms with Crippen LogP contribution in [0.3, 0.4) is 0 Å². The summed E-state index contributed by atoms with van der Waals surface area (Å²) >= 11 is 12.9. The van der Waals surface area contributed by atoms with Gasteiger partial charge in [-0.3, -0.25) is 19.7 Å². The summed E-state index contributed by atoms with van der Waals surface area (Å²) in [5, 5.41) is 16.2. The number of nitrogens with one attached hydrogen (secondary N) is 2. The van der Waals surface area contributed by atoms with Gasteiger partial charge in [-0.05, 0) is 24.3 Å². The van der Waals surface area contributed by atoms with Crippen LogP contribution in [0.2, 0.25) is 10.0 Å². The predicted octanol–water partition coefficient (Wildman–Crippen LogP) is 4.07. The Morgan fingerprint density at radius 3 is 2.42 bits per heavy atom. The molecule has 0 spiro atoms. The highest BCUT2D eigenvalue weighted by atomic mass is 35.5. The number of carbonyl (C=O) groups excluding carboxylic acids is 2. The molecule has 0 radical (unpaired) electrons. The minimum atomic E-state index is -4.60. The molecule has 1 heterocycles. The summed E-state index contributed by atoms with van der Waals surface area (Å²) in [7, 11) is -3.44. The van der Waals surface area contributed by atoms with Crippen LogP contribution in [-0.4, -0.2) is 32.3 Å². The van der Waals surface area contributed by atoms with Crippen LogP contribution >= 0.6 is 23.2 Å². The zero-order valence-electron chi connectivity index (χ0n) is 18.7. The van der Waals surface area contributed by atoms with Gasteiger partial charge in [0.2, 0.25) is 15.7 Å². The number of ether oxygens (including phenoxy) is 1. The molecule has 0 aromatic heterocycles. The number of halogens is 2. The lowest BCUT2D eigenvalue weighted by Gasteiger charge is -2.31. The second kappa shape index (κ2) is 9.08. The van der Waals surface area contributed by atoms with Crippen LogP contribution in [0.1, 0.15) is 18.1 Å². The molecule has 4 rings (SSSR count). The number of non-ortho nitro benzene ring substituents is 1. The second-order valence-electron chi connectivity index (χ2n) is 7.76. The number of methoxy groups -OCH3 is 1. The first-order chi connectivity index (χ1) is 16.9. The largest absolute Gasteiger partial charge is 0.495 e. The van der Waals surface area contributed by atoms with Crippen LogP contribution in [0.5, 0.6) is 5.75 Å². The van der Waals surface area contributed by atoms with Crippen molar-refractivity contribution in [2.75, 3.05) is 12.4 Å². The maximum absolute atomic E-state index is 14.1. The monoisotopic (exact) mass is 549 g/mol. The molecule has 0 saturated heterocycles. The lowest BCUT2D eigenvalue weighted by atomic mass is 9.83. The number of anilines is 1. The van der Waals surface area contributed by atoms with Crippen LogP contribution in [0, 0.1) is 10.1 Å². The van der Waals surface area contributed by atoms with Gasteiger partial charge >= 0.3 is 0 Å². The van der Waals surface area contributed by atoms with E-state index in [1.54, 1.807) is 12.1 Å². The normalized spacial score (nSPS) is 16.7. The van der Waals surface area contributed by atoms with Gasteiger partial charge in [-0.1, -0.05) is 41.4 Å². The van der Waals surface area contributed by atoms with E-state index in [0.29, 0.717) is 0 Å². The van der Waals surface area contributed by atoms with E-state index in [4.69, 9.17) is 27.9 Å². The first-order valence-electron chi connectivity index (χ1n) is 10.2. The lowest BCUT2D eigenvalue weighted by molar-refractivity contribution is -0.385. The molecule has 3 aromatic carbocycles. The highest BCUT2D eigenvalue weighted by Crippen LogP contribution is 2.50. The molecule has 13 heteroatoms. The first kappa shape index (κ1) is 25.4. The van der Waals surface area contributed by atoms with Gasteiger partial charge in [0.15, 0.2) is 5.54 Å². The molecule has 186 valence electrons. The van der Waals surface area contributed by atoms with Crippen LogP contribution in [0.25, 0.3) is 0 Å². The Bertz CT molecular complexity index is 1560. The summed E-state index contributed by atoms with van der Waals surface area (Å²) < 4.78 is 33.2. The fraction of sp³-hybridized carbons (Fsp3) is 0.130. The third kappa shape index (κ3) is 3.85. The molecule has 0 bridgehead atoms. The fourth-order valence-electron chi connectivity index (χ4n) is 4.20. The van der Waals surface area contributed by atoms with Crippen molar-refractivity contribution in [1.29, 1.82) is 0 Å². The fourth-order valence-corrected chi connectivity index (χ4v) is 6.67. The van der Waals surface area contributed by atoms with Gasteiger partial charge in [0.25, 0.3) is 11.6 Å². The number of sulfone groups is 1. The Kier molecular flexibility index (Phi) is 6.41. The molecule has 1 atom stereocenters. The molecule has 36 heavy (non-hydrogen) atoms. The third-order valence-electron chi connectivity index (χ3n) is 5.63. The maximum atomic E-state index is 14.1.